The molecule has 0 unspecified atom stereocenters. The molecular formula is C21H18Cl2N2O3S. The molecule has 1 amide bonds. The molecule has 0 radical (unpaired) electrons. The molecule has 0 saturated carbocycles. The van der Waals surface area contributed by atoms with Crippen LogP contribution in [-0.4, -0.2) is 14.3 Å². The van der Waals surface area contributed by atoms with Crippen molar-refractivity contribution in [2.45, 2.75) is 18.2 Å². The van der Waals surface area contributed by atoms with Gasteiger partial charge in [-0.3, -0.25) is 9.52 Å². The molecule has 0 bridgehead atoms. The Labute approximate surface area is 179 Å². The summed E-state index contributed by atoms with van der Waals surface area (Å²) in [4.78, 5) is 12.2. The maximum atomic E-state index is 12.5. The third kappa shape index (κ3) is 5.73. The van der Waals surface area contributed by atoms with E-state index >= 15 is 0 Å². The van der Waals surface area contributed by atoms with Crippen molar-refractivity contribution in [3.63, 3.8) is 0 Å². The summed E-state index contributed by atoms with van der Waals surface area (Å²) >= 11 is 11.8. The first-order valence-electron chi connectivity index (χ1n) is 8.66. The van der Waals surface area contributed by atoms with Crippen LogP contribution in [-0.2, 0) is 21.2 Å². The van der Waals surface area contributed by atoms with Crippen molar-refractivity contribution in [2.75, 3.05) is 10.0 Å². The number of aryl methyl sites for hydroxylation is 1. The summed E-state index contributed by atoms with van der Waals surface area (Å²) in [5, 5.41) is 3.33. The minimum Gasteiger partial charge on any atom is -0.326 e. The molecule has 2 N–H and O–H groups in total. The lowest BCUT2D eigenvalue weighted by Crippen LogP contribution is -2.15. The first kappa shape index (κ1) is 21.2. The van der Waals surface area contributed by atoms with Crippen LogP contribution in [0, 0.1) is 6.92 Å². The standard InChI is InChI=1S/C21H18Cl2N2O3S/c1-14-4-2-3-5-20(14)24-21(26)10-15-6-8-18(9-7-15)25-29(27,28)19-12-16(22)11-17(23)13-19/h2-9,11-13,25H,10H2,1H3,(H,24,26). The van der Waals surface area contributed by atoms with E-state index in [2.05, 4.69) is 10.0 Å². The molecule has 0 atom stereocenters. The second-order valence-corrected chi connectivity index (χ2v) is 9.00. The van der Waals surface area contributed by atoms with E-state index in [1.54, 1.807) is 24.3 Å². The fraction of sp³-hybridized carbons (Fsp3) is 0.0952. The highest BCUT2D eigenvalue weighted by Gasteiger charge is 2.16. The number of carbonyl (C=O) groups is 1. The number of rotatable bonds is 6. The number of carbonyl (C=O) groups excluding carboxylic acids is 1. The van der Waals surface area contributed by atoms with Gasteiger partial charge in [0.15, 0.2) is 0 Å². The summed E-state index contributed by atoms with van der Waals surface area (Å²) in [6.07, 6.45) is 0.172. The predicted molar refractivity (Wildman–Crippen MR) is 117 cm³/mol. The smallest absolute Gasteiger partial charge is 0.261 e. The predicted octanol–water partition coefficient (Wildman–Crippen LogP) is 5.28. The fourth-order valence-corrected chi connectivity index (χ4v) is 4.47. The zero-order valence-electron chi connectivity index (χ0n) is 15.4. The van der Waals surface area contributed by atoms with Crippen molar-refractivity contribution in [1.82, 2.24) is 0 Å². The lowest BCUT2D eigenvalue weighted by Gasteiger charge is -2.10. The maximum Gasteiger partial charge on any atom is 0.261 e. The van der Waals surface area contributed by atoms with Crippen LogP contribution in [0.4, 0.5) is 11.4 Å². The molecule has 0 aliphatic rings. The quantitative estimate of drug-likeness (QED) is 0.538. The van der Waals surface area contributed by atoms with Gasteiger partial charge >= 0.3 is 0 Å². The summed E-state index contributed by atoms with van der Waals surface area (Å²) in [7, 11) is -3.84. The molecule has 0 saturated heterocycles. The zero-order valence-corrected chi connectivity index (χ0v) is 17.8. The third-order valence-corrected chi connectivity index (χ3v) is 5.93. The Balaban J connectivity index is 1.67. The third-order valence-electron chi connectivity index (χ3n) is 4.14. The van der Waals surface area contributed by atoms with Gasteiger partial charge in [-0.1, -0.05) is 53.5 Å². The topological polar surface area (TPSA) is 75.3 Å². The molecule has 29 heavy (non-hydrogen) atoms. The van der Waals surface area contributed by atoms with Gasteiger partial charge < -0.3 is 5.32 Å². The van der Waals surface area contributed by atoms with Gasteiger partial charge in [0.2, 0.25) is 5.91 Å². The fourth-order valence-electron chi connectivity index (χ4n) is 2.68. The lowest BCUT2D eigenvalue weighted by atomic mass is 10.1. The summed E-state index contributed by atoms with van der Waals surface area (Å²) in [6.45, 7) is 1.92. The number of sulfonamides is 1. The van der Waals surface area contributed by atoms with Gasteiger partial charge in [-0.05, 0) is 54.4 Å². The van der Waals surface area contributed by atoms with Crippen LogP contribution >= 0.6 is 23.2 Å². The summed E-state index contributed by atoms with van der Waals surface area (Å²) in [6, 6.07) is 18.2. The van der Waals surface area contributed by atoms with Crippen LogP contribution in [0.3, 0.4) is 0 Å². The van der Waals surface area contributed by atoms with Gasteiger partial charge in [0.25, 0.3) is 10.0 Å². The van der Waals surface area contributed by atoms with Crippen molar-refractivity contribution in [3.05, 3.63) is 87.9 Å². The van der Waals surface area contributed by atoms with Gasteiger partial charge in [0.05, 0.1) is 11.3 Å². The van der Waals surface area contributed by atoms with Crippen LogP contribution < -0.4 is 10.0 Å². The Hall–Kier alpha value is -2.54. The summed E-state index contributed by atoms with van der Waals surface area (Å²) in [5.41, 5.74) is 2.86. The van der Waals surface area contributed by atoms with Crippen LogP contribution in [0.25, 0.3) is 0 Å². The van der Waals surface area contributed by atoms with Crippen molar-refractivity contribution < 1.29 is 13.2 Å². The number of para-hydroxylation sites is 1. The van der Waals surface area contributed by atoms with E-state index in [1.807, 2.05) is 31.2 Å². The van der Waals surface area contributed by atoms with Crippen molar-refractivity contribution in [3.8, 4) is 0 Å². The lowest BCUT2D eigenvalue weighted by molar-refractivity contribution is -0.115. The van der Waals surface area contributed by atoms with Gasteiger partial charge in [0, 0.05) is 21.4 Å². The SMILES string of the molecule is Cc1ccccc1NC(=O)Cc1ccc(NS(=O)(=O)c2cc(Cl)cc(Cl)c2)cc1. The van der Waals surface area contributed by atoms with E-state index < -0.39 is 10.0 Å². The normalized spacial score (nSPS) is 11.1. The Bertz CT molecular complexity index is 1130. The van der Waals surface area contributed by atoms with Gasteiger partial charge in [0.1, 0.15) is 0 Å². The van der Waals surface area contributed by atoms with Crippen molar-refractivity contribution in [1.29, 1.82) is 0 Å². The van der Waals surface area contributed by atoms with E-state index in [0.717, 1.165) is 16.8 Å². The Morgan fingerprint density at radius 2 is 1.55 bits per heavy atom. The van der Waals surface area contributed by atoms with Gasteiger partial charge in [-0.15, -0.1) is 0 Å². The molecule has 3 aromatic rings. The first-order valence-corrected chi connectivity index (χ1v) is 10.9. The molecule has 150 valence electrons. The van der Waals surface area contributed by atoms with Gasteiger partial charge in [-0.25, -0.2) is 8.42 Å². The first-order chi connectivity index (χ1) is 13.7. The van der Waals surface area contributed by atoms with Gasteiger partial charge in [-0.2, -0.15) is 0 Å². The molecule has 8 heteroatoms. The van der Waals surface area contributed by atoms with Crippen molar-refractivity contribution in [2.24, 2.45) is 0 Å². The molecule has 0 spiro atoms. The Kier molecular flexibility index (Phi) is 6.47. The number of benzene rings is 3. The molecule has 0 aliphatic carbocycles. The summed E-state index contributed by atoms with van der Waals surface area (Å²) < 4.78 is 27.5. The maximum absolute atomic E-state index is 12.5. The molecule has 3 aromatic carbocycles. The average molecular weight is 449 g/mol. The average Bonchev–Trinajstić information content (AvgIpc) is 2.64. The second-order valence-electron chi connectivity index (χ2n) is 6.45. The molecule has 0 fully saturated rings. The Morgan fingerprint density at radius 3 is 2.17 bits per heavy atom. The van der Waals surface area contributed by atoms with Crippen molar-refractivity contribution >= 4 is 50.5 Å². The van der Waals surface area contributed by atoms with Crippen LogP contribution in [0.2, 0.25) is 10.0 Å². The van der Waals surface area contributed by atoms with E-state index in [-0.39, 0.29) is 27.3 Å². The summed E-state index contributed by atoms with van der Waals surface area (Å²) in [5.74, 6) is -0.152. The highest BCUT2D eigenvalue weighted by molar-refractivity contribution is 7.92. The highest BCUT2D eigenvalue weighted by atomic mass is 35.5. The minimum absolute atomic E-state index is 0.0308. The number of hydrogen-bond donors (Lipinski definition) is 2. The number of halogens is 2. The van der Waals surface area contributed by atoms with Crippen LogP contribution in [0.1, 0.15) is 11.1 Å². The highest BCUT2D eigenvalue weighted by Crippen LogP contribution is 2.24. The largest absolute Gasteiger partial charge is 0.326 e. The second kappa shape index (κ2) is 8.86. The zero-order chi connectivity index (χ0) is 21.0. The Morgan fingerprint density at radius 1 is 0.931 bits per heavy atom. The van der Waals surface area contributed by atoms with E-state index in [0.29, 0.717) is 5.69 Å². The molecule has 0 aliphatic heterocycles. The monoisotopic (exact) mass is 448 g/mol. The molecular weight excluding hydrogens is 431 g/mol. The number of hydrogen-bond acceptors (Lipinski definition) is 3. The number of anilines is 2. The number of nitrogens with one attached hydrogen (secondary N) is 2. The van der Waals surface area contributed by atoms with E-state index in [1.165, 1.54) is 18.2 Å². The van der Waals surface area contributed by atoms with Crippen LogP contribution in [0.5, 0.6) is 0 Å². The molecule has 0 aromatic heterocycles. The van der Waals surface area contributed by atoms with E-state index in [4.69, 9.17) is 23.2 Å². The molecule has 0 heterocycles. The number of amides is 1. The minimum atomic E-state index is -3.84. The van der Waals surface area contributed by atoms with Crippen LogP contribution in [0.15, 0.2) is 71.6 Å². The van der Waals surface area contributed by atoms with E-state index in [9.17, 15) is 13.2 Å². The molecule has 5 nitrogen and oxygen atoms in total. The molecule has 3 rings (SSSR count).